The molecule has 5 heteroatoms. The molecule has 1 aromatic heterocycles. The Morgan fingerprint density at radius 2 is 1.96 bits per heavy atom. The van der Waals surface area contributed by atoms with Gasteiger partial charge in [0.15, 0.2) is 0 Å². The third-order valence-corrected chi connectivity index (χ3v) is 4.74. The summed E-state index contributed by atoms with van der Waals surface area (Å²) in [7, 11) is 0. The van der Waals surface area contributed by atoms with Gasteiger partial charge in [0.25, 0.3) is 5.91 Å². The van der Waals surface area contributed by atoms with Gasteiger partial charge in [-0.1, -0.05) is 11.6 Å². The van der Waals surface area contributed by atoms with Crippen LogP contribution in [0.5, 0.6) is 0 Å². The van der Waals surface area contributed by atoms with E-state index in [1.165, 1.54) is 0 Å². The van der Waals surface area contributed by atoms with Crippen molar-refractivity contribution in [3.05, 3.63) is 34.5 Å². The van der Waals surface area contributed by atoms with E-state index >= 15 is 0 Å². The molecule has 1 aromatic carbocycles. The number of fused-ring (bicyclic) bond motifs is 1. The highest BCUT2D eigenvalue weighted by atomic mass is 35.5. The number of rotatable bonds is 2. The second kappa shape index (κ2) is 6.17. The highest BCUT2D eigenvalue weighted by molar-refractivity contribution is 6.31. The molecule has 23 heavy (non-hydrogen) atoms. The van der Waals surface area contributed by atoms with Crippen LogP contribution in [0.2, 0.25) is 5.02 Å². The maximum Gasteiger partial charge on any atom is 0.270 e. The highest BCUT2D eigenvalue weighted by Crippen LogP contribution is 2.29. The molecule has 0 radical (unpaired) electrons. The van der Waals surface area contributed by atoms with Crippen molar-refractivity contribution in [3.8, 4) is 0 Å². The highest BCUT2D eigenvalue weighted by Gasteiger charge is 2.30. The standard InChI is InChI=1S/C18H23ClN2O2/c1-5-21-16-7-6-14(19)8-15(16)13(4)17(21)18(22)20-9-11(2)23-12(3)10-20/h6-8,11-12H,5,9-10H2,1-4H3. The van der Waals surface area contributed by atoms with Gasteiger partial charge in [-0.25, -0.2) is 0 Å². The zero-order valence-electron chi connectivity index (χ0n) is 14.1. The molecular formula is C18H23ClN2O2. The Morgan fingerprint density at radius 3 is 2.57 bits per heavy atom. The lowest BCUT2D eigenvalue weighted by Gasteiger charge is -2.35. The first-order valence-corrected chi connectivity index (χ1v) is 8.53. The summed E-state index contributed by atoms with van der Waals surface area (Å²) in [5, 5.41) is 1.75. The van der Waals surface area contributed by atoms with E-state index in [4.69, 9.17) is 16.3 Å². The first kappa shape index (κ1) is 16.3. The van der Waals surface area contributed by atoms with E-state index < -0.39 is 0 Å². The van der Waals surface area contributed by atoms with Crippen LogP contribution in [0.1, 0.15) is 36.8 Å². The third kappa shape index (κ3) is 2.86. The fourth-order valence-electron chi connectivity index (χ4n) is 3.59. The number of morpholine rings is 1. The van der Waals surface area contributed by atoms with E-state index in [0.717, 1.165) is 28.7 Å². The van der Waals surface area contributed by atoms with E-state index in [9.17, 15) is 4.79 Å². The molecule has 1 aliphatic heterocycles. The SMILES string of the molecule is CCn1c(C(=O)N2CC(C)OC(C)C2)c(C)c2cc(Cl)ccc21. The van der Waals surface area contributed by atoms with Gasteiger partial charge in [-0.3, -0.25) is 4.79 Å². The molecule has 2 unspecified atom stereocenters. The van der Waals surface area contributed by atoms with E-state index in [1.807, 2.05) is 43.9 Å². The van der Waals surface area contributed by atoms with Crippen molar-refractivity contribution in [1.82, 2.24) is 9.47 Å². The first-order valence-electron chi connectivity index (χ1n) is 8.15. The van der Waals surface area contributed by atoms with Crippen molar-refractivity contribution in [2.75, 3.05) is 13.1 Å². The average Bonchev–Trinajstić information content (AvgIpc) is 2.77. The molecule has 0 N–H and O–H groups in total. The molecule has 3 rings (SSSR count). The van der Waals surface area contributed by atoms with Crippen molar-refractivity contribution in [3.63, 3.8) is 0 Å². The summed E-state index contributed by atoms with van der Waals surface area (Å²) in [4.78, 5) is 15.1. The average molecular weight is 335 g/mol. The van der Waals surface area contributed by atoms with E-state index in [1.54, 1.807) is 0 Å². The fourth-order valence-corrected chi connectivity index (χ4v) is 3.76. The number of halogens is 1. The second-order valence-corrected chi connectivity index (χ2v) is 6.78. The van der Waals surface area contributed by atoms with Crippen LogP contribution in [0.15, 0.2) is 18.2 Å². The van der Waals surface area contributed by atoms with E-state index in [0.29, 0.717) is 18.1 Å². The number of hydrogen-bond acceptors (Lipinski definition) is 2. The Labute approximate surface area is 142 Å². The molecule has 1 fully saturated rings. The molecule has 4 nitrogen and oxygen atoms in total. The van der Waals surface area contributed by atoms with Crippen LogP contribution in [-0.4, -0.2) is 40.7 Å². The molecule has 0 aliphatic carbocycles. The van der Waals surface area contributed by atoms with Crippen molar-refractivity contribution in [2.24, 2.45) is 0 Å². The Bertz CT molecular complexity index is 743. The minimum atomic E-state index is 0.0666. The predicted molar refractivity (Wildman–Crippen MR) is 93.3 cm³/mol. The number of ether oxygens (including phenoxy) is 1. The zero-order valence-corrected chi connectivity index (χ0v) is 14.9. The molecule has 0 spiro atoms. The molecule has 0 bridgehead atoms. The van der Waals surface area contributed by atoms with Gasteiger partial charge in [-0.2, -0.15) is 0 Å². The van der Waals surface area contributed by atoms with Crippen molar-refractivity contribution in [1.29, 1.82) is 0 Å². The quantitative estimate of drug-likeness (QED) is 0.835. The second-order valence-electron chi connectivity index (χ2n) is 6.35. The Morgan fingerprint density at radius 1 is 1.30 bits per heavy atom. The van der Waals surface area contributed by atoms with Crippen LogP contribution in [-0.2, 0) is 11.3 Å². The lowest BCUT2D eigenvalue weighted by atomic mass is 10.1. The summed E-state index contributed by atoms with van der Waals surface area (Å²) >= 11 is 6.14. The van der Waals surface area contributed by atoms with Gasteiger partial charge in [0, 0.05) is 35.6 Å². The lowest BCUT2D eigenvalue weighted by Crippen LogP contribution is -2.48. The van der Waals surface area contributed by atoms with Gasteiger partial charge < -0.3 is 14.2 Å². The lowest BCUT2D eigenvalue weighted by molar-refractivity contribution is -0.0588. The molecule has 1 amide bonds. The Balaban J connectivity index is 2.08. The zero-order chi connectivity index (χ0) is 16.7. The molecule has 2 heterocycles. The van der Waals surface area contributed by atoms with Crippen LogP contribution < -0.4 is 0 Å². The van der Waals surface area contributed by atoms with Crippen LogP contribution in [0.4, 0.5) is 0 Å². The largest absolute Gasteiger partial charge is 0.372 e. The van der Waals surface area contributed by atoms with E-state index in [-0.39, 0.29) is 18.1 Å². The molecule has 2 atom stereocenters. The number of carbonyl (C=O) groups is 1. The third-order valence-electron chi connectivity index (χ3n) is 4.50. The van der Waals surface area contributed by atoms with Crippen LogP contribution in [0.25, 0.3) is 10.9 Å². The maximum atomic E-state index is 13.2. The number of amides is 1. The van der Waals surface area contributed by atoms with Gasteiger partial charge in [0.05, 0.1) is 12.2 Å². The summed E-state index contributed by atoms with van der Waals surface area (Å²) < 4.78 is 7.84. The fraction of sp³-hybridized carbons (Fsp3) is 0.500. The van der Waals surface area contributed by atoms with Gasteiger partial charge in [-0.15, -0.1) is 0 Å². The van der Waals surface area contributed by atoms with Gasteiger partial charge in [0.1, 0.15) is 5.69 Å². The number of aryl methyl sites for hydroxylation is 2. The van der Waals surface area contributed by atoms with Gasteiger partial charge >= 0.3 is 0 Å². The smallest absolute Gasteiger partial charge is 0.270 e. The van der Waals surface area contributed by atoms with Crippen molar-refractivity contribution in [2.45, 2.75) is 46.4 Å². The van der Waals surface area contributed by atoms with Gasteiger partial charge in [-0.05, 0) is 51.5 Å². The summed E-state index contributed by atoms with van der Waals surface area (Å²) in [5.41, 5.74) is 2.83. The van der Waals surface area contributed by atoms with Crippen molar-refractivity contribution < 1.29 is 9.53 Å². The maximum absolute atomic E-state index is 13.2. The topological polar surface area (TPSA) is 34.5 Å². The first-order chi connectivity index (χ1) is 10.9. The molecule has 2 aromatic rings. The molecule has 1 aliphatic rings. The Hall–Kier alpha value is -1.52. The van der Waals surface area contributed by atoms with Crippen molar-refractivity contribution >= 4 is 28.4 Å². The molecule has 1 saturated heterocycles. The monoisotopic (exact) mass is 334 g/mol. The van der Waals surface area contributed by atoms with Crippen LogP contribution >= 0.6 is 11.6 Å². The normalized spacial score (nSPS) is 21.9. The number of nitrogens with zero attached hydrogens (tertiary/aromatic N) is 2. The Kier molecular flexibility index (Phi) is 4.39. The number of carbonyl (C=O) groups excluding carboxylic acids is 1. The predicted octanol–water partition coefficient (Wildman–Crippen LogP) is 3.87. The molecule has 124 valence electrons. The summed E-state index contributed by atoms with van der Waals surface area (Å²) in [6.45, 7) is 10.1. The van der Waals surface area contributed by atoms with Crippen LogP contribution in [0, 0.1) is 6.92 Å². The van der Waals surface area contributed by atoms with E-state index in [2.05, 4.69) is 11.5 Å². The number of aromatic nitrogens is 1. The number of hydrogen-bond donors (Lipinski definition) is 0. The summed E-state index contributed by atoms with van der Waals surface area (Å²) in [6.07, 6.45) is 0.133. The summed E-state index contributed by atoms with van der Waals surface area (Å²) in [6, 6.07) is 5.82. The number of benzene rings is 1. The minimum absolute atomic E-state index is 0.0666. The molecular weight excluding hydrogens is 312 g/mol. The minimum Gasteiger partial charge on any atom is -0.372 e. The molecule has 0 saturated carbocycles. The van der Waals surface area contributed by atoms with Crippen LogP contribution in [0.3, 0.4) is 0 Å². The summed E-state index contributed by atoms with van der Waals surface area (Å²) in [5.74, 6) is 0.0821. The van der Waals surface area contributed by atoms with Gasteiger partial charge in [0.2, 0.25) is 0 Å².